The maximum atomic E-state index is 11.4. The van der Waals surface area contributed by atoms with Crippen molar-refractivity contribution in [3.63, 3.8) is 0 Å². The van der Waals surface area contributed by atoms with Crippen molar-refractivity contribution in [2.45, 2.75) is 25.3 Å². The third-order valence-electron chi connectivity index (χ3n) is 3.62. The summed E-state index contributed by atoms with van der Waals surface area (Å²) in [4.78, 5) is 3.97. The summed E-state index contributed by atoms with van der Waals surface area (Å²) in [5, 5.41) is 0. The molecule has 2 rings (SSSR count). The summed E-state index contributed by atoms with van der Waals surface area (Å²) in [6.45, 7) is 2.05. The summed E-state index contributed by atoms with van der Waals surface area (Å²) >= 11 is 0. The molecule has 3 atom stereocenters. The van der Waals surface area contributed by atoms with Gasteiger partial charge in [-0.2, -0.15) is 0 Å². The van der Waals surface area contributed by atoms with E-state index in [0.29, 0.717) is 6.42 Å². The van der Waals surface area contributed by atoms with Gasteiger partial charge >= 0.3 is 0 Å². The van der Waals surface area contributed by atoms with Gasteiger partial charge in [0.15, 0.2) is 9.84 Å². The Hall–Kier alpha value is -0.940. The predicted octanol–water partition coefficient (Wildman–Crippen LogP) is 0.947. The summed E-state index contributed by atoms with van der Waals surface area (Å²) in [5.41, 5.74) is 7.31. The molecule has 0 saturated carbocycles. The smallest absolute Gasteiger partial charge is 0.150 e. The molecule has 0 bridgehead atoms. The van der Waals surface area contributed by atoms with Gasteiger partial charge in [0, 0.05) is 18.4 Å². The lowest BCUT2D eigenvalue weighted by atomic mass is 9.85. The number of aromatic nitrogens is 1. The lowest BCUT2D eigenvalue weighted by molar-refractivity contribution is 0.412. The van der Waals surface area contributed by atoms with Crippen LogP contribution < -0.4 is 5.73 Å². The topological polar surface area (TPSA) is 73.0 Å². The highest BCUT2D eigenvalue weighted by Gasteiger charge is 2.34. The van der Waals surface area contributed by atoms with E-state index in [2.05, 4.69) is 4.98 Å². The van der Waals surface area contributed by atoms with E-state index in [1.54, 1.807) is 12.4 Å². The van der Waals surface area contributed by atoms with Crippen LogP contribution >= 0.6 is 0 Å². The van der Waals surface area contributed by atoms with Crippen LogP contribution in [-0.4, -0.2) is 30.9 Å². The SMILES string of the molecule is CC(c1ccncc1)C(N)C1CCS(=O)(=O)C1. The normalized spacial score (nSPS) is 26.6. The van der Waals surface area contributed by atoms with Crippen LogP contribution in [0.1, 0.15) is 24.8 Å². The Kier molecular flexibility index (Phi) is 3.49. The highest BCUT2D eigenvalue weighted by atomic mass is 32.2. The van der Waals surface area contributed by atoms with Crippen molar-refractivity contribution in [2.75, 3.05) is 11.5 Å². The molecule has 1 saturated heterocycles. The third-order valence-corrected chi connectivity index (χ3v) is 5.41. The molecular formula is C12H18N2O2S. The van der Waals surface area contributed by atoms with Gasteiger partial charge in [-0.15, -0.1) is 0 Å². The van der Waals surface area contributed by atoms with E-state index in [9.17, 15) is 8.42 Å². The first-order valence-corrected chi connectivity index (χ1v) is 7.67. The van der Waals surface area contributed by atoms with E-state index in [-0.39, 0.29) is 29.4 Å². The minimum Gasteiger partial charge on any atom is -0.327 e. The maximum Gasteiger partial charge on any atom is 0.150 e. The standard InChI is InChI=1S/C12H18N2O2S/c1-9(10-2-5-14-6-3-10)12(13)11-4-7-17(15,16)8-11/h2-3,5-6,9,11-12H,4,7-8,13H2,1H3. The van der Waals surface area contributed by atoms with Gasteiger partial charge in [0.25, 0.3) is 0 Å². The van der Waals surface area contributed by atoms with Crippen LogP contribution in [0.15, 0.2) is 24.5 Å². The molecule has 1 aliphatic heterocycles. The molecule has 0 radical (unpaired) electrons. The van der Waals surface area contributed by atoms with Crippen LogP contribution in [0.5, 0.6) is 0 Å². The van der Waals surface area contributed by atoms with Gasteiger partial charge in [-0.1, -0.05) is 6.92 Å². The van der Waals surface area contributed by atoms with E-state index >= 15 is 0 Å². The molecule has 1 aliphatic rings. The second-order valence-corrected chi connectivity index (χ2v) is 7.04. The largest absolute Gasteiger partial charge is 0.327 e. The van der Waals surface area contributed by atoms with E-state index < -0.39 is 9.84 Å². The highest BCUT2D eigenvalue weighted by Crippen LogP contribution is 2.29. The zero-order valence-corrected chi connectivity index (χ0v) is 10.7. The number of pyridine rings is 1. The molecule has 1 aromatic rings. The number of sulfone groups is 1. The minimum atomic E-state index is -2.85. The van der Waals surface area contributed by atoms with Gasteiger partial charge in [0.2, 0.25) is 0 Å². The fourth-order valence-electron chi connectivity index (χ4n) is 2.42. The molecule has 0 amide bonds. The highest BCUT2D eigenvalue weighted by molar-refractivity contribution is 7.91. The van der Waals surface area contributed by atoms with Crippen molar-refractivity contribution >= 4 is 9.84 Å². The van der Waals surface area contributed by atoms with Gasteiger partial charge in [-0.05, 0) is 36.0 Å². The lowest BCUT2D eigenvalue weighted by Crippen LogP contribution is -2.35. The number of nitrogens with zero attached hydrogens (tertiary/aromatic N) is 1. The predicted molar refractivity (Wildman–Crippen MR) is 67.4 cm³/mol. The van der Waals surface area contributed by atoms with Crippen LogP contribution in [0, 0.1) is 5.92 Å². The Morgan fingerprint density at radius 3 is 2.59 bits per heavy atom. The van der Waals surface area contributed by atoms with Crippen molar-refractivity contribution in [1.29, 1.82) is 0 Å². The monoisotopic (exact) mass is 254 g/mol. The molecule has 94 valence electrons. The minimum absolute atomic E-state index is 0.0863. The first-order valence-electron chi connectivity index (χ1n) is 5.85. The molecule has 1 aromatic heterocycles. The van der Waals surface area contributed by atoms with Crippen LogP contribution in [0.4, 0.5) is 0 Å². The van der Waals surface area contributed by atoms with E-state index in [0.717, 1.165) is 5.56 Å². The fraction of sp³-hybridized carbons (Fsp3) is 0.583. The van der Waals surface area contributed by atoms with Crippen LogP contribution in [0.2, 0.25) is 0 Å². The van der Waals surface area contributed by atoms with Crippen molar-refractivity contribution < 1.29 is 8.42 Å². The first kappa shape index (κ1) is 12.5. The van der Waals surface area contributed by atoms with Gasteiger partial charge < -0.3 is 5.73 Å². The van der Waals surface area contributed by atoms with Crippen molar-refractivity contribution in [3.05, 3.63) is 30.1 Å². The Morgan fingerprint density at radius 1 is 1.41 bits per heavy atom. The second-order valence-electron chi connectivity index (χ2n) is 4.81. The molecule has 1 fully saturated rings. The maximum absolute atomic E-state index is 11.4. The molecule has 5 heteroatoms. The number of hydrogen-bond donors (Lipinski definition) is 1. The van der Waals surface area contributed by atoms with Crippen LogP contribution in [0.3, 0.4) is 0 Å². The summed E-state index contributed by atoms with van der Waals surface area (Å²) in [7, 11) is -2.85. The molecule has 0 spiro atoms. The number of nitrogens with two attached hydrogens (primary N) is 1. The Morgan fingerprint density at radius 2 is 2.06 bits per heavy atom. The zero-order valence-electron chi connectivity index (χ0n) is 9.91. The molecule has 3 unspecified atom stereocenters. The molecule has 0 aliphatic carbocycles. The van der Waals surface area contributed by atoms with Gasteiger partial charge in [0.1, 0.15) is 0 Å². The van der Waals surface area contributed by atoms with Gasteiger partial charge in [-0.25, -0.2) is 8.42 Å². The van der Waals surface area contributed by atoms with Crippen molar-refractivity contribution in [1.82, 2.24) is 4.98 Å². The van der Waals surface area contributed by atoms with Crippen molar-refractivity contribution in [2.24, 2.45) is 11.7 Å². The van der Waals surface area contributed by atoms with Gasteiger partial charge in [0.05, 0.1) is 11.5 Å². The van der Waals surface area contributed by atoms with E-state index in [1.807, 2.05) is 19.1 Å². The molecular weight excluding hydrogens is 236 g/mol. The molecule has 4 nitrogen and oxygen atoms in total. The third kappa shape index (κ3) is 2.84. The van der Waals surface area contributed by atoms with E-state index in [1.165, 1.54) is 0 Å². The summed E-state index contributed by atoms with van der Waals surface area (Å²) in [5.74, 6) is 0.775. The molecule has 2 heterocycles. The quantitative estimate of drug-likeness (QED) is 0.871. The Bertz CT molecular complexity index is 473. The summed E-state index contributed by atoms with van der Waals surface area (Å²) in [6.07, 6.45) is 4.17. The summed E-state index contributed by atoms with van der Waals surface area (Å²) < 4.78 is 22.9. The fourth-order valence-corrected chi connectivity index (χ4v) is 4.29. The van der Waals surface area contributed by atoms with Gasteiger partial charge in [-0.3, -0.25) is 4.98 Å². The second kappa shape index (κ2) is 4.74. The average molecular weight is 254 g/mol. The lowest BCUT2D eigenvalue weighted by Gasteiger charge is -2.25. The molecule has 2 N–H and O–H groups in total. The number of rotatable bonds is 3. The zero-order chi connectivity index (χ0) is 12.5. The average Bonchev–Trinajstić information content (AvgIpc) is 2.69. The first-order chi connectivity index (χ1) is 7.99. The van der Waals surface area contributed by atoms with E-state index in [4.69, 9.17) is 5.73 Å². The number of hydrogen-bond acceptors (Lipinski definition) is 4. The molecule has 0 aromatic carbocycles. The van der Waals surface area contributed by atoms with Crippen molar-refractivity contribution in [3.8, 4) is 0 Å². The Balaban J connectivity index is 2.08. The molecule has 17 heavy (non-hydrogen) atoms. The van der Waals surface area contributed by atoms with Crippen LogP contribution in [0.25, 0.3) is 0 Å². The summed E-state index contributed by atoms with van der Waals surface area (Å²) in [6, 6.07) is 3.77. The Labute approximate surface area is 102 Å². The van der Waals surface area contributed by atoms with Crippen LogP contribution in [-0.2, 0) is 9.84 Å².